The summed E-state index contributed by atoms with van der Waals surface area (Å²) in [6, 6.07) is 1.89. The van der Waals surface area contributed by atoms with E-state index in [1.807, 2.05) is 13.0 Å². The summed E-state index contributed by atoms with van der Waals surface area (Å²) in [6.07, 6.45) is 2.01. The van der Waals surface area contributed by atoms with Crippen molar-refractivity contribution < 1.29 is 4.79 Å². The molecule has 0 unspecified atom stereocenters. The van der Waals surface area contributed by atoms with Crippen LogP contribution in [0.2, 0.25) is 0 Å². The largest absolute Gasteiger partial charge is 0.309 e. The van der Waals surface area contributed by atoms with Crippen molar-refractivity contribution in [1.29, 1.82) is 0 Å². The van der Waals surface area contributed by atoms with Gasteiger partial charge in [-0.3, -0.25) is 9.89 Å². The van der Waals surface area contributed by atoms with E-state index in [2.05, 4.69) is 27.8 Å². The maximum Gasteiger partial charge on any atom is 0.252 e. The second-order valence-electron chi connectivity index (χ2n) is 4.31. The van der Waals surface area contributed by atoms with Crippen LogP contribution in [0.5, 0.6) is 0 Å². The fourth-order valence-electron chi connectivity index (χ4n) is 1.71. The van der Waals surface area contributed by atoms with Crippen molar-refractivity contribution in [3.8, 4) is 0 Å². The number of carbonyl (C=O) groups excluding carboxylic acids is 1. The Bertz CT molecular complexity index is 441. The Morgan fingerprint density at radius 2 is 2.29 bits per heavy atom. The topological polar surface area (TPSA) is 69.8 Å². The van der Waals surface area contributed by atoms with Crippen LogP contribution in [-0.2, 0) is 11.2 Å². The molecule has 0 aromatic carbocycles. The van der Waals surface area contributed by atoms with Gasteiger partial charge in [0.2, 0.25) is 0 Å². The summed E-state index contributed by atoms with van der Waals surface area (Å²) in [6.45, 7) is 5.60. The van der Waals surface area contributed by atoms with Gasteiger partial charge in [-0.15, -0.1) is 0 Å². The lowest BCUT2D eigenvalue weighted by Crippen LogP contribution is -2.36. The highest BCUT2D eigenvalue weighted by molar-refractivity contribution is 6.03. The Kier molecular flexibility index (Phi) is 3.58. The molecule has 0 aliphatic carbocycles. The molecule has 1 fully saturated rings. The Morgan fingerprint density at radius 3 is 2.88 bits per heavy atom. The number of H-pyrrole nitrogens is 1. The van der Waals surface area contributed by atoms with Gasteiger partial charge in [-0.05, 0) is 18.9 Å². The van der Waals surface area contributed by atoms with Gasteiger partial charge >= 0.3 is 0 Å². The molecule has 1 aliphatic heterocycles. The summed E-state index contributed by atoms with van der Waals surface area (Å²) < 4.78 is 0. The minimum absolute atomic E-state index is 0.0592. The average molecular weight is 234 g/mol. The van der Waals surface area contributed by atoms with E-state index in [1.54, 1.807) is 0 Å². The fraction of sp³-hybridized carbons (Fsp3) is 0.500. The van der Waals surface area contributed by atoms with E-state index in [1.165, 1.54) is 5.57 Å². The Hall–Kier alpha value is -1.62. The predicted molar refractivity (Wildman–Crippen MR) is 66.8 cm³/mol. The second-order valence-corrected chi connectivity index (χ2v) is 4.31. The van der Waals surface area contributed by atoms with Crippen LogP contribution in [0.1, 0.15) is 26.0 Å². The van der Waals surface area contributed by atoms with Gasteiger partial charge in [0.1, 0.15) is 0 Å². The maximum absolute atomic E-state index is 11.9. The van der Waals surface area contributed by atoms with Crippen molar-refractivity contribution in [3.63, 3.8) is 0 Å². The molecule has 2 rings (SSSR count). The number of hydrogen-bond donors (Lipinski definition) is 3. The molecule has 0 atom stereocenters. The molecule has 5 heteroatoms. The molecule has 0 radical (unpaired) electrons. The molecule has 17 heavy (non-hydrogen) atoms. The molecule has 1 amide bonds. The van der Waals surface area contributed by atoms with Crippen molar-refractivity contribution in [2.75, 3.05) is 18.4 Å². The first kappa shape index (κ1) is 11.9. The molecule has 2 heterocycles. The number of carbonyl (C=O) groups is 1. The summed E-state index contributed by atoms with van der Waals surface area (Å²) in [5, 5.41) is 12.9. The molecular formula is C12H18N4O. The van der Waals surface area contributed by atoms with Gasteiger partial charge in [0.05, 0.1) is 0 Å². The highest BCUT2D eigenvalue weighted by Gasteiger charge is 2.16. The molecule has 1 saturated heterocycles. The smallest absolute Gasteiger partial charge is 0.252 e. The minimum Gasteiger partial charge on any atom is -0.309 e. The number of hydrogen-bond acceptors (Lipinski definition) is 3. The summed E-state index contributed by atoms with van der Waals surface area (Å²) in [5.74, 6) is 0.543. The van der Waals surface area contributed by atoms with Gasteiger partial charge in [-0.25, -0.2) is 0 Å². The van der Waals surface area contributed by atoms with Gasteiger partial charge < -0.3 is 10.6 Å². The maximum atomic E-state index is 11.9. The number of nitrogens with zero attached hydrogens (tertiary/aromatic N) is 1. The van der Waals surface area contributed by atoms with Gasteiger partial charge in [-0.1, -0.05) is 13.3 Å². The number of nitrogens with one attached hydrogen (secondary N) is 3. The van der Waals surface area contributed by atoms with E-state index in [0.717, 1.165) is 37.2 Å². The van der Waals surface area contributed by atoms with E-state index >= 15 is 0 Å². The van der Waals surface area contributed by atoms with Crippen LogP contribution >= 0.6 is 0 Å². The number of aromatic amines is 1. The van der Waals surface area contributed by atoms with Gasteiger partial charge in [0, 0.05) is 30.4 Å². The molecule has 0 spiro atoms. The summed E-state index contributed by atoms with van der Waals surface area (Å²) in [7, 11) is 0. The molecule has 5 nitrogen and oxygen atoms in total. The standard InChI is InChI=1S/C12H18N4O/c1-3-4-10-5-11(16-15-10)14-12(17)8(2)9-6-13-7-9/h5,13H,3-4,6-7H2,1-2H3,(H2,14,15,16,17). The predicted octanol–water partition coefficient (Wildman–Crippen LogP) is 1.22. The zero-order valence-electron chi connectivity index (χ0n) is 10.3. The van der Waals surface area contributed by atoms with Crippen molar-refractivity contribution in [1.82, 2.24) is 15.5 Å². The first-order chi connectivity index (χ1) is 8.20. The SMILES string of the molecule is CCCc1cc(NC(=O)C(C)=C2CNC2)n[nH]1. The highest BCUT2D eigenvalue weighted by atomic mass is 16.1. The van der Waals surface area contributed by atoms with Gasteiger partial charge in [-0.2, -0.15) is 5.10 Å². The van der Waals surface area contributed by atoms with Crippen molar-refractivity contribution in [2.45, 2.75) is 26.7 Å². The molecule has 0 bridgehead atoms. The van der Waals surface area contributed by atoms with Gasteiger partial charge in [0.25, 0.3) is 5.91 Å². The molecular weight excluding hydrogens is 216 g/mol. The van der Waals surface area contributed by atoms with Crippen LogP contribution < -0.4 is 10.6 Å². The lowest BCUT2D eigenvalue weighted by molar-refractivity contribution is -0.112. The summed E-state index contributed by atoms with van der Waals surface area (Å²) >= 11 is 0. The number of anilines is 1. The Labute approximate surface area is 101 Å². The molecule has 3 N–H and O–H groups in total. The average Bonchev–Trinajstić information content (AvgIpc) is 2.63. The van der Waals surface area contributed by atoms with E-state index in [4.69, 9.17) is 0 Å². The van der Waals surface area contributed by atoms with Gasteiger partial charge in [0.15, 0.2) is 5.82 Å². The van der Waals surface area contributed by atoms with Crippen LogP contribution in [0, 0.1) is 0 Å². The number of rotatable bonds is 4. The summed E-state index contributed by atoms with van der Waals surface area (Å²) in [5.41, 5.74) is 3.02. The van der Waals surface area contributed by atoms with E-state index < -0.39 is 0 Å². The van der Waals surface area contributed by atoms with E-state index in [0.29, 0.717) is 5.82 Å². The molecule has 0 saturated carbocycles. The first-order valence-electron chi connectivity index (χ1n) is 5.95. The zero-order chi connectivity index (χ0) is 12.3. The van der Waals surface area contributed by atoms with E-state index in [-0.39, 0.29) is 5.91 Å². The Balaban J connectivity index is 1.97. The van der Waals surface area contributed by atoms with Crippen LogP contribution in [0.15, 0.2) is 17.2 Å². The lowest BCUT2D eigenvalue weighted by Gasteiger charge is -2.21. The van der Waals surface area contributed by atoms with Crippen molar-refractivity contribution >= 4 is 11.7 Å². The third-order valence-corrected chi connectivity index (χ3v) is 2.94. The monoisotopic (exact) mass is 234 g/mol. The molecule has 1 aromatic rings. The third-order valence-electron chi connectivity index (χ3n) is 2.94. The first-order valence-corrected chi connectivity index (χ1v) is 5.95. The molecule has 1 aliphatic rings. The van der Waals surface area contributed by atoms with E-state index in [9.17, 15) is 4.79 Å². The quantitative estimate of drug-likeness (QED) is 0.686. The third kappa shape index (κ3) is 2.74. The molecule has 92 valence electrons. The normalized spacial score (nSPS) is 14.4. The second kappa shape index (κ2) is 5.14. The summed E-state index contributed by atoms with van der Waals surface area (Å²) in [4.78, 5) is 11.9. The van der Waals surface area contributed by atoms with Crippen LogP contribution in [0.3, 0.4) is 0 Å². The van der Waals surface area contributed by atoms with Crippen LogP contribution in [0.25, 0.3) is 0 Å². The highest BCUT2D eigenvalue weighted by Crippen LogP contribution is 2.12. The number of amides is 1. The van der Waals surface area contributed by atoms with Crippen molar-refractivity contribution in [2.24, 2.45) is 0 Å². The Morgan fingerprint density at radius 1 is 1.53 bits per heavy atom. The van der Waals surface area contributed by atoms with Crippen LogP contribution in [-0.4, -0.2) is 29.2 Å². The molecule has 1 aromatic heterocycles. The zero-order valence-corrected chi connectivity index (χ0v) is 10.3. The fourth-order valence-corrected chi connectivity index (χ4v) is 1.71. The lowest BCUT2D eigenvalue weighted by atomic mass is 10.0. The number of aryl methyl sites for hydroxylation is 1. The number of aromatic nitrogens is 2. The van der Waals surface area contributed by atoms with Crippen molar-refractivity contribution in [3.05, 3.63) is 22.9 Å². The minimum atomic E-state index is -0.0592. The van der Waals surface area contributed by atoms with Crippen LogP contribution in [0.4, 0.5) is 5.82 Å².